The highest BCUT2D eigenvalue weighted by Crippen LogP contribution is 2.34. The van der Waals surface area contributed by atoms with Crippen molar-refractivity contribution in [2.24, 2.45) is 0 Å². The molecule has 2 aliphatic rings. The average molecular weight is 421 g/mol. The predicted octanol–water partition coefficient (Wildman–Crippen LogP) is 3.14. The molecule has 0 unspecified atom stereocenters. The van der Waals surface area contributed by atoms with E-state index in [1.54, 1.807) is 12.1 Å². The standard InChI is InChI=1S/C17H26BrN3O2.ClH/c1-20-9-11-21(12-10-20)17(7-3-2-4-8-17)13-19-16(22)14-5-6-15(18)23-14;/h5-6H,2-4,7-13H2,1H3,(H,19,22);1H. The van der Waals surface area contributed by atoms with Gasteiger partial charge in [0.1, 0.15) is 0 Å². The van der Waals surface area contributed by atoms with Crippen LogP contribution in [0.25, 0.3) is 0 Å². The number of nitrogens with zero attached hydrogens (tertiary/aromatic N) is 2. The number of furan rings is 1. The third kappa shape index (κ3) is 4.54. The number of hydrogen-bond acceptors (Lipinski definition) is 4. The minimum absolute atomic E-state index is 0. The molecule has 0 radical (unpaired) electrons. The quantitative estimate of drug-likeness (QED) is 0.813. The molecule has 2 heterocycles. The second-order valence-electron chi connectivity index (χ2n) is 6.86. The minimum atomic E-state index is -0.116. The van der Waals surface area contributed by atoms with E-state index in [1.807, 2.05) is 0 Å². The number of likely N-dealkylation sites (N-methyl/N-ethyl adjacent to an activating group) is 1. The molecule has 7 heteroatoms. The molecule has 1 N–H and O–H groups in total. The number of rotatable bonds is 4. The van der Waals surface area contributed by atoms with Gasteiger partial charge >= 0.3 is 0 Å². The summed E-state index contributed by atoms with van der Waals surface area (Å²) in [7, 11) is 2.18. The van der Waals surface area contributed by atoms with E-state index in [-0.39, 0.29) is 23.9 Å². The molecule has 0 aromatic carbocycles. The van der Waals surface area contributed by atoms with Crippen LogP contribution in [0.5, 0.6) is 0 Å². The maximum atomic E-state index is 12.3. The highest BCUT2D eigenvalue weighted by molar-refractivity contribution is 9.10. The van der Waals surface area contributed by atoms with Crippen molar-refractivity contribution < 1.29 is 9.21 Å². The first-order chi connectivity index (χ1) is 11.1. The van der Waals surface area contributed by atoms with Gasteiger partial charge in [0.15, 0.2) is 10.4 Å². The first-order valence-electron chi connectivity index (χ1n) is 8.56. The van der Waals surface area contributed by atoms with Gasteiger partial charge in [0, 0.05) is 38.3 Å². The third-order valence-corrected chi connectivity index (χ3v) is 5.76. The van der Waals surface area contributed by atoms with Gasteiger partial charge in [-0.1, -0.05) is 19.3 Å². The largest absolute Gasteiger partial charge is 0.444 e. The van der Waals surface area contributed by atoms with Crippen LogP contribution in [-0.4, -0.2) is 61.0 Å². The van der Waals surface area contributed by atoms with Crippen LogP contribution in [0.2, 0.25) is 0 Å². The summed E-state index contributed by atoms with van der Waals surface area (Å²) in [5.41, 5.74) is 0.124. The second-order valence-corrected chi connectivity index (χ2v) is 7.64. The van der Waals surface area contributed by atoms with Crippen molar-refractivity contribution in [2.75, 3.05) is 39.8 Å². The number of carbonyl (C=O) groups excluding carboxylic acids is 1. The lowest BCUT2D eigenvalue weighted by Gasteiger charge is -2.49. The summed E-state index contributed by atoms with van der Waals surface area (Å²) in [6.07, 6.45) is 6.19. The van der Waals surface area contributed by atoms with Crippen molar-refractivity contribution in [2.45, 2.75) is 37.6 Å². The fourth-order valence-electron chi connectivity index (χ4n) is 3.86. The molecule has 3 rings (SSSR count). The smallest absolute Gasteiger partial charge is 0.287 e. The van der Waals surface area contributed by atoms with E-state index in [1.165, 1.54) is 32.1 Å². The normalized spacial score (nSPS) is 21.9. The molecule has 5 nitrogen and oxygen atoms in total. The molecule has 1 aliphatic carbocycles. The highest BCUT2D eigenvalue weighted by Gasteiger charge is 2.39. The summed E-state index contributed by atoms with van der Waals surface area (Å²) in [5, 5.41) is 3.12. The Morgan fingerprint density at radius 3 is 2.46 bits per heavy atom. The Morgan fingerprint density at radius 2 is 1.88 bits per heavy atom. The molecule has 1 aromatic rings. The van der Waals surface area contributed by atoms with Gasteiger partial charge in [-0.2, -0.15) is 0 Å². The molecule has 1 saturated carbocycles. The van der Waals surface area contributed by atoms with Crippen LogP contribution in [0.15, 0.2) is 21.2 Å². The van der Waals surface area contributed by atoms with Gasteiger partial charge in [-0.15, -0.1) is 12.4 Å². The summed E-state index contributed by atoms with van der Waals surface area (Å²) in [6, 6.07) is 3.47. The van der Waals surface area contributed by atoms with E-state index in [2.05, 4.69) is 38.1 Å². The van der Waals surface area contributed by atoms with Gasteiger partial charge in [0.2, 0.25) is 0 Å². The zero-order chi connectivity index (χ0) is 16.3. The van der Waals surface area contributed by atoms with Crippen LogP contribution in [0.3, 0.4) is 0 Å². The lowest BCUT2D eigenvalue weighted by Crippen LogP contribution is -2.61. The summed E-state index contributed by atoms with van der Waals surface area (Å²) >= 11 is 3.25. The van der Waals surface area contributed by atoms with Crippen LogP contribution in [0, 0.1) is 0 Å². The van der Waals surface area contributed by atoms with E-state index in [0.29, 0.717) is 17.0 Å². The Balaban J connectivity index is 0.00000208. The molecular formula is C17H27BrClN3O2. The Hall–Kier alpha value is -0.560. The summed E-state index contributed by atoms with van der Waals surface area (Å²) in [5.74, 6) is 0.260. The molecule has 2 fully saturated rings. The van der Waals surface area contributed by atoms with Crippen molar-refractivity contribution >= 4 is 34.2 Å². The van der Waals surface area contributed by atoms with E-state index in [9.17, 15) is 4.79 Å². The SMILES string of the molecule is CN1CCN(C2(CNC(=O)c3ccc(Br)o3)CCCCC2)CC1.Cl. The number of piperazine rings is 1. The molecule has 0 atom stereocenters. The van der Waals surface area contributed by atoms with Crippen molar-refractivity contribution in [3.8, 4) is 0 Å². The number of halogens is 2. The van der Waals surface area contributed by atoms with E-state index < -0.39 is 0 Å². The molecule has 1 aromatic heterocycles. The Labute approximate surface area is 158 Å². The van der Waals surface area contributed by atoms with Gasteiger partial charge in [0.25, 0.3) is 5.91 Å². The van der Waals surface area contributed by atoms with Crippen LogP contribution in [0.1, 0.15) is 42.7 Å². The zero-order valence-corrected chi connectivity index (χ0v) is 16.6. The number of nitrogens with one attached hydrogen (secondary N) is 1. The van der Waals surface area contributed by atoms with Crippen molar-refractivity contribution in [3.05, 3.63) is 22.6 Å². The summed E-state index contributed by atoms with van der Waals surface area (Å²) in [6.45, 7) is 5.13. The van der Waals surface area contributed by atoms with E-state index >= 15 is 0 Å². The molecule has 1 aliphatic heterocycles. The molecule has 0 spiro atoms. The number of amides is 1. The topological polar surface area (TPSA) is 48.7 Å². The van der Waals surface area contributed by atoms with Crippen molar-refractivity contribution in [1.29, 1.82) is 0 Å². The highest BCUT2D eigenvalue weighted by atomic mass is 79.9. The lowest BCUT2D eigenvalue weighted by molar-refractivity contribution is 0.0136. The van der Waals surface area contributed by atoms with Crippen LogP contribution in [-0.2, 0) is 0 Å². The van der Waals surface area contributed by atoms with E-state index in [0.717, 1.165) is 26.2 Å². The van der Waals surface area contributed by atoms with Crippen molar-refractivity contribution in [3.63, 3.8) is 0 Å². The Bertz CT molecular complexity index is 538. The average Bonchev–Trinajstić information content (AvgIpc) is 3.01. The minimum Gasteiger partial charge on any atom is -0.444 e. The first-order valence-corrected chi connectivity index (χ1v) is 9.35. The van der Waals surface area contributed by atoms with Crippen LogP contribution in [0.4, 0.5) is 0 Å². The lowest BCUT2D eigenvalue weighted by atomic mass is 9.79. The fourth-order valence-corrected chi connectivity index (χ4v) is 4.17. The predicted molar refractivity (Wildman–Crippen MR) is 101 cm³/mol. The Kier molecular flexibility index (Phi) is 7.16. The molecule has 136 valence electrons. The van der Waals surface area contributed by atoms with Gasteiger partial charge < -0.3 is 14.6 Å². The summed E-state index contributed by atoms with van der Waals surface area (Å²) < 4.78 is 5.95. The maximum Gasteiger partial charge on any atom is 0.287 e. The zero-order valence-electron chi connectivity index (χ0n) is 14.2. The molecule has 0 bridgehead atoms. The van der Waals surface area contributed by atoms with Gasteiger partial charge in [-0.3, -0.25) is 9.69 Å². The maximum absolute atomic E-state index is 12.3. The van der Waals surface area contributed by atoms with Gasteiger partial charge in [0.05, 0.1) is 0 Å². The van der Waals surface area contributed by atoms with Gasteiger partial charge in [-0.05, 0) is 48.0 Å². The van der Waals surface area contributed by atoms with Crippen molar-refractivity contribution in [1.82, 2.24) is 15.1 Å². The number of carbonyl (C=O) groups is 1. The van der Waals surface area contributed by atoms with Crippen LogP contribution >= 0.6 is 28.3 Å². The molecule has 24 heavy (non-hydrogen) atoms. The number of hydrogen-bond donors (Lipinski definition) is 1. The second kappa shape index (κ2) is 8.70. The van der Waals surface area contributed by atoms with Gasteiger partial charge in [-0.25, -0.2) is 0 Å². The van der Waals surface area contributed by atoms with Crippen LogP contribution < -0.4 is 5.32 Å². The fraction of sp³-hybridized carbons (Fsp3) is 0.706. The Morgan fingerprint density at radius 1 is 1.21 bits per heavy atom. The summed E-state index contributed by atoms with van der Waals surface area (Å²) in [4.78, 5) is 17.3. The first kappa shape index (κ1) is 19.8. The monoisotopic (exact) mass is 419 g/mol. The molecule has 1 saturated heterocycles. The molecular weight excluding hydrogens is 394 g/mol. The van der Waals surface area contributed by atoms with E-state index in [4.69, 9.17) is 4.42 Å². The molecule has 1 amide bonds. The third-order valence-electron chi connectivity index (χ3n) is 5.33.